The molecule has 5 heteroatoms. The van der Waals surface area contributed by atoms with Gasteiger partial charge in [0.05, 0.1) is 24.2 Å². The summed E-state index contributed by atoms with van der Waals surface area (Å²) in [7, 11) is 0. The number of aromatic nitrogens is 2. The van der Waals surface area contributed by atoms with Gasteiger partial charge < -0.3 is 4.74 Å². The lowest BCUT2D eigenvalue weighted by Crippen LogP contribution is -2.32. The van der Waals surface area contributed by atoms with Crippen LogP contribution >= 0.6 is 0 Å². The van der Waals surface area contributed by atoms with E-state index in [1.165, 1.54) is 16.9 Å². The quantitative estimate of drug-likeness (QED) is 0.774. The minimum Gasteiger partial charge on any atom is -0.379 e. The maximum absolute atomic E-state index is 13.5. The average molecular weight is 248 g/mol. The largest absolute Gasteiger partial charge is 0.379 e. The van der Waals surface area contributed by atoms with Crippen molar-refractivity contribution in [3.63, 3.8) is 0 Å². The Balaban J connectivity index is 2.14. The zero-order valence-electron chi connectivity index (χ0n) is 9.80. The van der Waals surface area contributed by atoms with Crippen LogP contribution in [0.4, 0.5) is 4.39 Å². The van der Waals surface area contributed by atoms with Gasteiger partial charge in [-0.2, -0.15) is 5.10 Å². The highest BCUT2D eigenvalue weighted by atomic mass is 19.1. The van der Waals surface area contributed by atoms with E-state index in [0.717, 1.165) is 19.4 Å². The predicted octanol–water partition coefficient (Wildman–Crippen LogP) is 1.89. The highest BCUT2D eigenvalue weighted by Crippen LogP contribution is 2.18. The highest BCUT2D eigenvalue weighted by molar-refractivity contribution is 5.81. The molecule has 3 rings (SSSR count). The van der Waals surface area contributed by atoms with Crippen LogP contribution in [-0.4, -0.2) is 23.0 Å². The van der Waals surface area contributed by atoms with Crippen LogP contribution in [0.3, 0.4) is 0 Å². The summed E-state index contributed by atoms with van der Waals surface area (Å²) in [4.78, 5) is 12.3. The van der Waals surface area contributed by atoms with Gasteiger partial charge in [0.15, 0.2) is 0 Å². The van der Waals surface area contributed by atoms with E-state index >= 15 is 0 Å². The summed E-state index contributed by atoms with van der Waals surface area (Å²) in [5.41, 5.74) is -0.248. The predicted molar refractivity (Wildman–Crippen MR) is 65.1 cm³/mol. The van der Waals surface area contributed by atoms with Crippen molar-refractivity contribution in [3.8, 4) is 0 Å². The van der Waals surface area contributed by atoms with Gasteiger partial charge >= 0.3 is 0 Å². The molecule has 0 amide bonds. The Morgan fingerprint density at radius 1 is 1.39 bits per heavy atom. The van der Waals surface area contributed by atoms with Gasteiger partial charge in [0.1, 0.15) is 5.82 Å². The highest BCUT2D eigenvalue weighted by Gasteiger charge is 2.19. The number of fused-ring (bicyclic) bond motifs is 1. The Bertz CT molecular complexity index is 632. The van der Waals surface area contributed by atoms with Crippen LogP contribution in [0.15, 0.2) is 29.2 Å². The van der Waals surface area contributed by atoms with Crippen LogP contribution < -0.4 is 5.56 Å². The molecule has 0 spiro atoms. The molecule has 2 heterocycles. The third-order valence-electron chi connectivity index (χ3n) is 3.28. The van der Waals surface area contributed by atoms with E-state index in [2.05, 4.69) is 5.10 Å². The molecule has 0 radical (unpaired) electrons. The van der Waals surface area contributed by atoms with Gasteiger partial charge in [-0.3, -0.25) is 4.79 Å². The van der Waals surface area contributed by atoms with Crippen molar-refractivity contribution in [2.45, 2.75) is 18.9 Å². The lowest BCUT2D eigenvalue weighted by molar-refractivity contribution is 0.0533. The van der Waals surface area contributed by atoms with Crippen molar-refractivity contribution >= 4 is 10.8 Å². The van der Waals surface area contributed by atoms with Gasteiger partial charge in [-0.05, 0) is 25.0 Å². The third-order valence-corrected chi connectivity index (χ3v) is 3.28. The third kappa shape index (κ3) is 1.80. The fourth-order valence-electron chi connectivity index (χ4n) is 2.33. The maximum atomic E-state index is 13.5. The number of rotatable bonds is 1. The zero-order chi connectivity index (χ0) is 12.5. The van der Waals surface area contributed by atoms with Crippen LogP contribution in [0.2, 0.25) is 0 Å². The van der Waals surface area contributed by atoms with Crippen molar-refractivity contribution in [2.75, 3.05) is 13.2 Å². The van der Waals surface area contributed by atoms with Crippen LogP contribution in [0.25, 0.3) is 10.8 Å². The summed E-state index contributed by atoms with van der Waals surface area (Å²) in [6, 6.07) is 4.46. The Morgan fingerprint density at radius 2 is 2.28 bits per heavy atom. The first kappa shape index (κ1) is 11.3. The fraction of sp³-hybridized carbons (Fsp3) is 0.385. The Kier molecular flexibility index (Phi) is 2.83. The number of ether oxygens (including phenoxy) is 1. The smallest absolute Gasteiger partial charge is 0.275 e. The van der Waals surface area contributed by atoms with E-state index in [1.54, 1.807) is 12.1 Å². The first-order chi connectivity index (χ1) is 8.77. The van der Waals surface area contributed by atoms with Gasteiger partial charge in [-0.1, -0.05) is 6.07 Å². The molecule has 1 saturated heterocycles. The first-order valence-electron chi connectivity index (χ1n) is 6.01. The van der Waals surface area contributed by atoms with Crippen LogP contribution in [0.5, 0.6) is 0 Å². The van der Waals surface area contributed by atoms with E-state index in [4.69, 9.17) is 4.74 Å². The summed E-state index contributed by atoms with van der Waals surface area (Å²) < 4.78 is 20.3. The van der Waals surface area contributed by atoms with Gasteiger partial charge in [0.25, 0.3) is 5.56 Å². The van der Waals surface area contributed by atoms with Crippen molar-refractivity contribution in [1.29, 1.82) is 0 Å². The average Bonchev–Trinajstić information content (AvgIpc) is 2.41. The van der Waals surface area contributed by atoms with Crippen LogP contribution in [0, 0.1) is 5.82 Å². The Labute approximate surface area is 103 Å². The number of hydrogen-bond donors (Lipinski definition) is 0. The molecule has 0 saturated carbocycles. The Hall–Kier alpha value is -1.75. The molecule has 1 fully saturated rings. The van der Waals surface area contributed by atoms with Gasteiger partial charge in [0, 0.05) is 12.0 Å². The van der Waals surface area contributed by atoms with Crippen molar-refractivity contribution in [3.05, 3.63) is 40.6 Å². The number of halogens is 1. The normalized spacial score (nSPS) is 20.2. The summed E-state index contributed by atoms with van der Waals surface area (Å²) in [5, 5.41) is 4.72. The number of benzene rings is 1. The summed E-state index contributed by atoms with van der Waals surface area (Å²) in [5.74, 6) is -0.413. The lowest BCUT2D eigenvalue weighted by Gasteiger charge is -2.23. The summed E-state index contributed by atoms with van der Waals surface area (Å²) in [6.45, 7) is 1.22. The molecule has 1 aliphatic rings. The minimum absolute atomic E-state index is 0.0427. The topological polar surface area (TPSA) is 44.1 Å². The van der Waals surface area contributed by atoms with E-state index in [0.29, 0.717) is 12.0 Å². The van der Waals surface area contributed by atoms with Crippen molar-refractivity contribution < 1.29 is 9.13 Å². The number of hydrogen-bond acceptors (Lipinski definition) is 3. The van der Waals surface area contributed by atoms with Crippen molar-refractivity contribution in [1.82, 2.24) is 9.78 Å². The second-order valence-corrected chi connectivity index (χ2v) is 4.47. The van der Waals surface area contributed by atoms with Gasteiger partial charge in [0.2, 0.25) is 0 Å². The molecule has 1 aliphatic heterocycles. The van der Waals surface area contributed by atoms with E-state index in [9.17, 15) is 9.18 Å². The molecular formula is C13H13FN2O2. The molecular weight excluding hydrogens is 235 g/mol. The summed E-state index contributed by atoms with van der Waals surface area (Å²) in [6.07, 6.45) is 3.20. The van der Waals surface area contributed by atoms with Gasteiger partial charge in [-0.15, -0.1) is 0 Å². The molecule has 0 N–H and O–H groups in total. The molecule has 0 aliphatic carbocycles. The minimum atomic E-state index is -0.413. The maximum Gasteiger partial charge on any atom is 0.275 e. The van der Waals surface area contributed by atoms with E-state index in [1.807, 2.05) is 0 Å². The van der Waals surface area contributed by atoms with Crippen molar-refractivity contribution in [2.24, 2.45) is 0 Å². The Morgan fingerprint density at radius 3 is 3.06 bits per heavy atom. The monoisotopic (exact) mass is 248 g/mol. The molecule has 4 nitrogen and oxygen atoms in total. The molecule has 2 aromatic rings. The molecule has 1 atom stereocenters. The van der Waals surface area contributed by atoms with Crippen LogP contribution in [-0.2, 0) is 4.74 Å². The second kappa shape index (κ2) is 4.49. The SMILES string of the molecule is O=c1c2cccc(F)c2cnn1C1CCCOC1. The molecule has 94 valence electrons. The van der Waals surface area contributed by atoms with E-state index < -0.39 is 5.82 Å². The fourth-order valence-corrected chi connectivity index (χ4v) is 2.33. The number of nitrogens with zero attached hydrogens (tertiary/aromatic N) is 2. The summed E-state index contributed by atoms with van der Waals surface area (Å²) >= 11 is 0. The molecule has 18 heavy (non-hydrogen) atoms. The molecule has 1 aromatic carbocycles. The lowest BCUT2D eigenvalue weighted by atomic mass is 10.1. The molecule has 1 aromatic heterocycles. The zero-order valence-corrected chi connectivity index (χ0v) is 9.80. The molecule has 0 bridgehead atoms. The standard InChI is InChI=1S/C13H13FN2O2/c14-12-5-1-4-10-11(12)7-15-16(13(10)17)9-3-2-6-18-8-9/h1,4-5,7,9H,2-3,6,8H2. The second-order valence-electron chi connectivity index (χ2n) is 4.47. The van der Waals surface area contributed by atoms with Gasteiger partial charge in [-0.25, -0.2) is 9.07 Å². The molecule has 1 unspecified atom stereocenters. The first-order valence-corrected chi connectivity index (χ1v) is 6.01. The van der Waals surface area contributed by atoms with E-state index in [-0.39, 0.29) is 17.0 Å². The van der Waals surface area contributed by atoms with Crippen LogP contribution in [0.1, 0.15) is 18.9 Å².